The third-order valence-corrected chi connectivity index (χ3v) is 2.38. The molecule has 0 saturated heterocycles. The second kappa shape index (κ2) is 3.73. The average Bonchev–Trinajstić information content (AvgIpc) is 2.70. The highest BCUT2D eigenvalue weighted by molar-refractivity contribution is 5.90. The van der Waals surface area contributed by atoms with Crippen LogP contribution >= 0.6 is 0 Å². The van der Waals surface area contributed by atoms with Crippen LogP contribution in [0, 0.1) is 6.92 Å². The number of furan rings is 1. The normalized spacial score (nSPS) is 10.3. The molecule has 0 aliphatic carbocycles. The molecule has 0 fully saturated rings. The molecule has 4 heteroatoms. The summed E-state index contributed by atoms with van der Waals surface area (Å²) < 4.78 is 5.34. The lowest BCUT2D eigenvalue weighted by Crippen LogP contribution is -2.09. The van der Waals surface area contributed by atoms with Crippen LogP contribution in [-0.2, 0) is 0 Å². The maximum Gasteiger partial charge on any atom is 0.284 e. The van der Waals surface area contributed by atoms with Crippen molar-refractivity contribution in [3.63, 3.8) is 0 Å². The fourth-order valence-corrected chi connectivity index (χ4v) is 1.52. The van der Waals surface area contributed by atoms with E-state index in [0.717, 1.165) is 11.1 Å². The topological polar surface area (TPSA) is 82.2 Å². The van der Waals surface area contributed by atoms with Gasteiger partial charge in [-0.25, -0.2) is 0 Å². The predicted octanol–water partition coefficient (Wildman–Crippen LogP) is 1.94. The first kappa shape index (κ1) is 10.3. The number of hydrogen-bond donors (Lipinski definition) is 2. The zero-order valence-corrected chi connectivity index (χ0v) is 8.86. The summed E-state index contributed by atoms with van der Waals surface area (Å²) >= 11 is 0. The summed E-state index contributed by atoms with van der Waals surface area (Å²) in [5.74, 6) is 0.170. The van der Waals surface area contributed by atoms with E-state index in [9.17, 15) is 4.79 Å². The number of carbonyl (C=O) groups is 1. The van der Waals surface area contributed by atoms with Crippen LogP contribution in [0.15, 0.2) is 34.7 Å². The number of hydrogen-bond acceptors (Lipinski definition) is 3. The molecule has 2 aromatic rings. The Morgan fingerprint density at radius 3 is 2.62 bits per heavy atom. The Labute approximate surface area is 92.9 Å². The van der Waals surface area contributed by atoms with Crippen LogP contribution in [0.25, 0.3) is 11.3 Å². The minimum atomic E-state index is -0.576. The molecule has 0 atom stereocenters. The molecule has 1 aromatic heterocycles. The van der Waals surface area contributed by atoms with Crippen molar-refractivity contribution in [2.75, 3.05) is 5.73 Å². The predicted molar refractivity (Wildman–Crippen MR) is 61.8 cm³/mol. The maximum atomic E-state index is 10.9. The highest BCUT2D eigenvalue weighted by Gasteiger charge is 2.10. The number of amides is 1. The van der Waals surface area contributed by atoms with Crippen LogP contribution in [0.5, 0.6) is 0 Å². The lowest BCUT2D eigenvalue weighted by atomic mass is 10.1. The Balaban J connectivity index is 2.50. The second-order valence-corrected chi connectivity index (χ2v) is 3.60. The van der Waals surface area contributed by atoms with Gasteiger partial charge >= 0.3 is 0 Å². The number of benzene rings is 1. The molecular formula is C12H12N2O2. The van der Waals surface area contributed by atoms with Crippen molar-refractivity contribution in [1.82, 2.24) is 0 Å². The van der Waals surface area contributed by atoms with Crippen molar-refractivity contribution >= 4 is 11.6 Å². The van der Waals surface area contributed by atoms with Gasteiger partial charge in [0.15, 0.2) is 5.76 Å². The van der Waals surface area contributed by atoms with Gasteiger partial charge in [-0.15, -0.1) is 0 Å². The van der Waals surface area contributed by atoms with E-state index in [1.807, 2.05) is 19.1 Å². The van der Waals surface area contributed by atoms with Gasteiger partial charge in [-0.3, -0.25) is 4.79 Å². The molecule has 16 heavy (non-hydrogen) atoms. The molecule has 1 amide bonds. The van der Waals surface area contributed by atoms with Crippen molar-refractivity contribution in [3.8, 4) is 11.3 Å². The van der Waals surface area contributed by atoms with E-state index in [1.54, 1.807) is 18.2 Å². The van der Waals surface area contributed by atoms with Gasteiger partial charge in [-0.1, -0.05) is 6.07 Å². The second-order valence-electron chi connectivity index (χ2n) is 3.60. The maximum absolute atomic E-state index is 10.9. The molecule has 0 unspecified atom stereocenters. The lowest BCUT2D eigenvalue weighted by Gasteiger charge is -2.03. The van der Waals surface area contributed by atoms with E-state index < -0.39 is 5.91 Å². The molecule has 0 spiro atoms. The fraction of sp³-hybridized carbons (Fsp3) is 0.0833. The van der Waals surface area contributed by atoms with Crippen LogP contribution < -0.4 is 11.5 Å². The minimum Gasteiger partial charge on any atom is -0.451 e. The van der Waals surface area contributed by atoms with Gasteiger partial charge in [0.1, 0.15) is 5.76 Å². The third kappa shape index (κ3) is 1.77. The van der Waals surface area contributed by atoms with Gasteiger partial charge in [-0.05, 0) is 36.8 Å². The fourth-order valence-electron chi connectivity index (χ4n) is 1.52. The molecule has 1 aromatic carbocycles. The third-order valence-electron chi connectivity index (χ3n) is 2.38. The SMILES string of the molecule is Cc1ccc(N)cc1-c1ccc(C(N)=O)o1. The van der Waals surface area contributed by atoms with Crippen molar-refractivity contribution in [1.29, 1.82) is 0 Å². The molecule has 1 heterocycles. The molecule has 0 radical (unpaired) electrons. The Morgan fingerprint density at radius 1 is 1.25 bits per heavy atom. The van der Waals surface area contributed by atoms with Gasteiger partial charge in [0, 0.05) is 11.3 Å². The number of nitrogen functional groups attached to an aromatic ring is 1. The van der Waals surface area contributed by atoms with E-state index in [4.69, 9.17) is 15.9 Å². The van der Waals surface area contributed by atoms with Crippen molar-refractivity contribution in [2.24, 2.45) is 5.73 Å². The first-order valence-electron chi connectivity index (χ1n) is 4.84. The minimum absolute atomic E-state index is 0.150. The molecule has 0 aliphatic rings. The number of carbonyl (C=O) groups excluding carboxylic acids is 1. The van der Waals surface area contributed by atoms with Gasteiger partial charge in [-0.2, -0.15) is 0 Å². The lowest BCUT2D eigenvalue weighted by molar-refractivity contribution is 0.0974. The largest absolute Gasteiger partial charge is 0.451 e. The van der Waals surface area contributed by atoms with Gasteiger partial charge < -0.3 is 15.9 Å². The summed E-state index contributed by atoms with van der Waals surface area (Å²) in [6.45, 7) is 1.95. The number of nitrogens with two attached hydrogens (primary N) is 2. The van der Waals surface area contributed by atoms with Gasteiger partial charge in [0.25, 0.3) is 5.91 Å². The smallest absolute Gasteiger partial charge is 0.284 e. The molecule has 2 rings (SSSR count). The van der Waals surface area contributed by atoms with Crippen molar-refractivity contribution in [3.05, 3.63) is 41.7 Å². The zero-order chi connectivity index (χ0) is 11.7. The molecular weight excluding hydrogens is 204 g/mol. The summed E-state index contributed by atoms with van der Waals surface area (Å²) in [6, 6.07) is 8.79. The summed E-state index contributed by atoms with van der Waals surface area (Å²) in [4.78, 5) is 10.9. The Kier molecular flexibility index (Phi) is 2.40. The van der Waals surface area contributed by atoms with Crippen LogP contribution in [0.2, 0.25) is 0 Å². The van der Waals surface area contributed by atoms with E-state index in [1.165, 1.54) is 0 Å². The monoisotopic (exact) mass is 216 g/mol. The van der Waals surface area contributed by atoms with Crippen LogP contribution in [0.1, 0.15) is 16.1 Å². The zero-order valence-electron chi connectivity index (χ0n) is 8.86. The van der Waals surface area contributed by atoms with Gasteiger partial charge in [0.2, 0.25) is 0 Å². The Morgan fingerprint density at radius 2 is 2.00 bits per heavy atom. The Bertz CT molecular complexity index is 544. The highest BCUT2D eigenvalue weighted by atomic mass is 16.3. The first-order valence-corrected chi connectivity index (χ1v) is 4.84. The van der Waals surface area contributed by atoms with E-state index in [-0.39, 0.29) is 5.76 Å². The number of anilines is 1. The highest BCUT2D eigenvalue weighted by Crippen LogP contribution is 2.27. The molecule has 0 saturated carbocycles. The molecule has 0 bridgehead atoms. The molecule has 4 nitrogen and oxygen atoms in total. The van der Waals surface area contributed by atoms with E-state index in [2.05, 4.69) is 0 Å². The summed E-state index contributed by atoms with van der Waals surface area (Å²) in [7, 11) is 0. The standard InChI is InChI=1S/C12H12N2O2/c1-7-2-3-8(13)6-9(7)10-4-5-11(16-10)12(14)15/h2-6H,13H2,1H3,(H2,14,15). The average molecular weight is 216 g/mol. The van der Waals surface area contributed by atoms with E-state index >= 15 is 0 Å². The van der Waals surface area contributed by atoms with E-state index in [0.29, 0.717) is 11.4 Å². The van der Waals surface area contributed by atoms with Crippen molar-refractivity contribution < 1.29 is 9.21 Å². The van der Waals surface area contributed by atoms with Gasteiger partial charge in [0.05, 0.1) is 0 Å². The Hall–Kier alpha value is -2.23. The first-order chi connectivity index (χ1) is 7.58. The summed E-state index contributed by atoms with van der Waals surface area (Å²) in [5, 5.41) is 0. The van der Waals surface area contributed by atoms with Crippen LogP contribution in [0.4, 0.5) is 5.69 Å². The molecule has 0 aliphatic heterocycles. The summed E-state index contributed by atoms with van der Waals surface area (Å²) in [6.07, 6.45) is 0. The number of primary amides is 1. The molecule has 4 N–H and O–H groups in total. The molecule has 82 valence electrons. The quantitative estimate of drug-likeness (QED) is 0.752. The van der Waals surface area contributed by atoms with Crippen LogP contribution in [-0.4, -0.2) is 5.91 Å². The number of rotatable bonds is 2. The summed E-state index contributed by atoms with van der Waals surface area (Å²) in [5.41, 5.74) is 13.4. The number of aryl methyl sites for hydroxylation is 1. The van der Waals surface area contributed by atoms with Crippen molar-refractivity contribution in [2.45, 2.75) is 6.92 Å². The van der Waals surface area contributed by atoms with Crippen LogP contribution in [0.3, 0.4) is 0 Å².